The number of nitrogens with one attached hydrogen (secondary N) is 1. The molecule has 5 rings (SSSR count). The summed E-state index contributed by atoms with van der Waals surface area (Å²) in [6.07, 6.45) is 1.37. The molecule has 0 radical (unpaired) electrons. The summed E-state index contributed by atoms with van der Waals surface area (Å²) in [5, 5.41) is 4.77. The Morgan fingerprint density at radius 2 is 1.73 bits per heavy atom. The molecule has 184 valence electrons. The highest BCUT2D eigenvalue weighted by Crippen LogP contribution is 2.36. The first-order valence-electron chi connectivity index (χ1n) is 11.1. The van der Waals surface area contributed by atoms with Gasteiger partial charge in [0.2, 0.25) is 0 Å². The number of carbonyl (C=O) groups is 2. The van der Waals surface area contributed by atoms with E-state index in [1.165, 1.54) is 24.3 Å². The third kappa shape index (κ3) is 5.13. The van der Waals surface area contributed by atoms with Crippen molar-refractivity contribution in [2.45, 2.75) is 6.61 Å². The molecule has 0 aliphatic carbocycles. The third-order valence-corrected chi connectivity index (χ3v) is 6.88. The van der Waals surface area contributed by atoms with Crippen molar-refractivity contribution in [2.75, 3.05) is 4.90 Å². The Labute approximate surface area is 230 Å². The van der Waals surface area contributed by atoms with Crippen LogP contribution in [-0.4, -0.2) is 16.9 Å². The maximum Gasteiger partial charge on any atom is 0.270 e. The van der Waals surface area contributed by atoms with Gasteiger partial charge in [-0.1, -0.05) is 60.1 Å². The summed E-state index contributed by atoms with van der Waals surface area (Å²) in [4.78, 5) is 26.7. The molecule has 0 saturated carbocycles. The maximum atomic E-state index is 14.4. The fourth-order valence-corrected chi connectivity index (χ4v) is 5.22. The molecule has 1 aliphatic heterocycles. The highest BCUT2D eigenvalue weighted by molar-refractivity contribution is 9.10. The Kier molecular flexibility index (Phi) is 7.06. The van der Waals surface area contributed by atoms with Crippen LogP contribution in [0.2, 0.25) is 5.02 Å². The number of fused-ring (bicyclic) bond motifs is 1. The second-order valence-electron chi connectivity index (χ2n) is 8.19. The summed E-state index contributed by atoms with van der Waals surface area (Å²) in [6, 6.07) is 23.0. The van der Waals surface area contributed by atoms with E-state index in [0.717, 1.165) is 21.2 Å². The number of para-hydroxylation sites is 1. The van der Waals surface area contributed by atoms with E-state index in [1.807, 2.05) is 36.4 Å². The van der Waals surface area contributed by atoms with Gasteiger partial charge in [0.15, 0.2) is 10.9 Å². The monoisotopic (exact) mass is 594 g/mol. The molecular weight excluding hydrogens is 579 g/mol. The summed E-state index contributed by atoms with van der Waals surface area (Å²) < 4.78 is 20.9. The van der Waals surface area contributed by atoms with Crippen LogP contribution in [0, 0.1) is 5.82 Å². The minimum Gasteiger partial charge on any atom is -0.486 e. The predicted molar refractivity (Wildman–Crippen MR) is 150 cm³/mol. The summed E-state index contributed by atoms with van der Waals surface area (Å²) in [6.45, 7) is 0.291. The average Bonchev–Trinajstić information content (AvgIpc) is 2.87. The molecule has 2 amide bonds. The van der Waals surface area contributed by atoms with Crippen LogP contribution in [0.4, 0.5) is 10.1 Å². The van der Waals surface area contributed by atoms with Crippen molar-refractivity contribution in [1.29, 1.82) is 0 Å². The number of amides is 2. The van der Waals surface area contributed by atoms with E-state index in [4.69, 9.17) is 28.6 Å². The molecular formula is C28H17BrClFN2O3S. The number of ether oxygens (including phenoxy) is 1. The number of halogens is 3. The van der Waals surface area contributed by atoms with E-state index in [2.05, 4.69) is 27.3 Å². The number of anilines is 1. The lowest BCUT2D eigenvalue weighted by Crippen LogP contribution is -2.54. The molecule has 0 spiro atoms. The molecule has 1 aliphatic rings. The highest BCUT2D eigenvalue weighted by Gasteiger charge is 2.35. The molecule has 9 heteroatoms. The molecule has 4 aromatic rings. The standard InChI is InChI=1S/C28H17BrClFN2O3S/c29-21-13-17(12-20-26(34)32-28(37)33(27(20)35)24-8-4-3-7-23(24)31)14-22(30)25(21)36-15-16-9-10-18-5-1-2-6-19(18)11-16/h1-14H,15H2,(H,32,34,37)/b20-12+. The predicted octanol–water partition coefficient (Wildman–Crippen LogP) is 6.81. The summed E-state index contributed by atoms with van der Waals surface area (Å²) in [5.41, 5.74) is 1.17. The van der Waals surface area contributed by atoms with Gasteiger partial charge in [-0.25, -0.2) is 9.29 Å². The van der Waals surface area contributed by atoms with E-state index >= 15 is 0 Å². The van der Waals surface area contributed by atoms with E-state index in [0.29, 0.717) is 22.4 Å². The Morgan fingerprint density at radius 1 is 1.00 bits per heavy atom. The van der Waals surface area contributed by atoms with Crippen molar-refractivity contribution in [3.8, 4) is 5.75 Å². The topological polar surface area (TPSA) is 58.6 Å². The molecule has 5 nitrogen and oxygen atoms in total. The largest absolute Gasteiger partial charge is 0.486 e. The van der Waals surface area contributed by atoms with Gasteiger partial charge < -0.3 is 4.74 Å². The molecule has 1 saturated heterocycles. The third-order valence-electron chi connectivity index (χ3n) is 5.72. The molecule has 0 bridgehead atoms. The van der Waals surface area contributed by atoms with Crippen LogP contribution in [0.15, 0.2) is 88.9 Å². The zero-order valence-electron chi connectivity index (χ0n) is 19.0. The van der Waals surface area contributed by atoms with Crippen LogP contribution < -0.4 is 15.0 Å². The van der Waals surface area contributed by atoms with Crippen molar-refractivity contribution in [3.63, 3.8) is 0 Å². The second kappa shape index (κ2) is 10.4. The number of hydrogen-bond acceptors (Lipinski definition) is 4. The van der Waals surface area contributed by atoms with Crippen LogP contribution >= 0.6 is 39.7 Å². The van der Waals surface area contributed by atoms with Gasteiger partial charge in [0.05, 0.1) is 15.2 Å². The smallest absolute Gasteiger partial charge is 0.270 e. The average molecular weight is 596 g/mol. The van der Waals surface area contributed by atoms with E-state index in [-0.39, 0.29) is 21.4 Å². The summed E-state index contributed by atoms with van der Waals surface area (Å²) in [7, 11) is 0. The van der Waals surface area contributed by atoms with Crippen molar-refractivity contribution < 1.29 is 18.7 Å². The molecule has 0 unspecified atom stereocenters. The Hall–Kier alpha value is -3.59. The van der Waals surface area contributed by atoms with E-state index in [9.17, 15) is 14.0 Å². The van der Waals surface area contributed by atoms with Crippen molar-refractivity contribution in [2.24, 2.45) is 0 Å². The van der Waals surface area contributed by atoms with Gasteiger partial charge in [-0.15, -0.1) is 0 Å². The number of benzene rings is 4. The first-order chi connectivity index (χ1) is 17.8. The van der Waals surface area contributed by atoms with Gasteiger partial charge in [0, 0.05) is 0 Å². The lowest BCUT2D eigenvalue weighted by molar-refractivity contribution is -0.122. The molecule has 37 heavy (non-hydrogen) atoms. The quantitative estimate of drug-likeness (QED) is 0.157. The lowest BCUT2D eigenvalue weighted by atomic mass is 10.1. The minimum atomic E-state index is -0.747. The SMILES string of the molecule is O=C1NC(=S)N(c2ccccc2F)C(=O)/C1=C/c1cc(Cl)c(OCc2ccc3ccccc3c2)c(Br)c1. The number of hydrogen-bond donors (Lipinski definition) is 1. The van der Waals surface area contributed by atoms with Gasteiger partial charge in [-0.2, -0.15) is 0 Å². The highest BCUT2D eigenvalue weighted by atomic mass is 79.9. The number of thiocarbonyl (C=S) groups is 1. The van der Waals surface area contributed by atoms with Crippen molar-refractivity contribution >= 4 is 79.2 Å². The Morgan fingerprint density at radius 3 is 2.49 bits per heavy atom. The maximum absolute atomic E-state index is 14.4. The van der Waals surface area contributed by atoms with Crippen molar-refractivity contribution in [3.05, 3.63) is 111 Å². The first kappa shape index (κ1) is 25.1. The zero-order valence-corrected chi connectivity index (χ0v) is 22.2. The zero-order chi connectivity index (χ0) is 26.1. The van der Waals surface area contributed by atoms with Gasteiger partial charge in [0.1, 0.15) is 18.0 Å². The van der Waals surface area contributed by atoms with Gasteiger partial charge >= 0.3 is 0 Å². The van der Waals surface area contributed by atoms with Crippen molar-refractivity contribution in [1.82, 2.24) is 5.32 Å². The molecule has 4 aromatic carbocycles. The molecule has 1 N–H and O–H groups in total. The fourth-order valence-electron chi connectivity index (χ4n) is 3.96. The van der Waals surface area contributed by atoms with Gasteiger partial charge in [-0.3, -0.25) is 14.9 Å². The van der Waals surface area contributed by atoms with E-state index < -0.39 is 17.6 Å². The second-order valence-corrected chi connectivity index (χ2v) is 9.84. The Bertz CT molecular complexity index is 1600. The fraction of sp³-hybridized carbons (Fsp3) is 0.0357. The van der Waals surface area contributed by atoms with Crippen LogP contribution in [0.3, 0.4) is 0 Å². The van der Waals surface area contributed by atoms with Crippen LogP contribution in [0.25, 0.3) is 16.8 Å². The minimum absolute atomic E-state index is 0.0555. The summed E-state index contributed by atoms with van der Waals surface area (Å²) >= 11 is 15.1. The van der Waals surface area contributed by atoms with Crippen LogP contribution in [0.1, 0.15) is 11.1 Å². The van der Waals surface area contributed by atoms with Crippen LogP contribution in [-0.2, 0) is 16.2 Å². The Balaban J connectivity index is 1.40. The molecule has 1 fully saturated rings. The normalized spacial score (nSPS) is 14.8. The lowest BCUT2D eigenvalue weighted by Gasteiger charge is -2.29. The number of rotatable bonds is 5. The molecule has 0 aromatic heterocycles. The summed E-state index contributed by atoms with van der Waals surface area (Å²) in [5.74, 6) is -1.66. The van der Waals surface area contributed by atoms with E-state index in [1.54, 1.807) is 18.2 Å². The van der Waals surface area contributed by atoms with Gasteiger partial charge in [-0.05, 0) is 86.5 Å². The number of nitrogens with zero attached hydrogens (tertiary/aromatic N) is 1. The van der Waals surface area contributed by atoms with Crippen LogP contribution in [0.5, 0.6) is 5.75 Å². The molecule has 1 heterocycles. The number of carbonyl (C=O) groups excluding carboxylic acids is 2. The van der Waals surface area contributed by atoms with Gasteiger partial charge in [0.25, 0.3) is 11.8 Å². The molecule has 0 atom stereocenters. The first-order valence-corrected chi connectivity index (χ1v) is 12.7.